The van der Waals surface area contributed by atoms with Crippen LogP contribution >= 0.6 is 0 Å². The predicted molar refractivity (Wildman–Crippen MR) is 133 cm³/mol. The highest BCUT2D eigenvalue weighted by molar-refractivity contribution is 6.03. The summed E-state index contributed by atoms with van der Waals surface area (Å²) in [5.41, 5.74) is 2.18. The lowest BCUT2D eigenvalue weighted by atomic mass is 10.2. The average molecular weight is 530 g/mol. The van der Waals surface area contributed by atoms with Crippen LogP contribution in [0.4, 0.5) is 18.9 Å². The predicted octanol–water partition coefficient (Wildman–Crippen LogP) is 5.07. The summed E-state index contributed by atoms with van der Waals surface area (Å²) in [4.78, 5) is 12.9. The number of aryl methyl sites for hydroxylation is 1. The van der Waals surface area contributed by atoms with Crippen LogP contribution in [0.15, 0.2) is 54.7 Å². The summed E-state index contributed by atoms with van der Waals surface area (Å²) in [5.74, 6) is 0.805. The second kappa shape index (κ2) is 10.9. The second-order valence-corrected chi connectivity index (χ2v) is 8.39. The second-order valence-electron chi connectivity index (χ2n) is 8.39. The molecule has 12 heteroatoms. The molecule has 4 aromatic rings. The summed E-state index contributed by atoms with van der Waals surface area (Å²) in [6.45, 7) is 3.91. The SMILES string of the molecule is COc1ccc(Cn2nc(C)c(NC(=O)c3ccn(COc4cccc(C(F)(F)F)c4)n3)c2C)cc1OC. The molecule has 2 heterocycles. The Morgan fingerprint density at radius 2 is 1.76 bits per heavy atom. The lowest BCUT2D eigenvalue weighted by Gasteiger charge is -2.11. The van der Waals surface area contributed by atoms with E-state index in [-0.39, 0.29) is 18.2 Å². The monoisotopic (exact) mass is 529 g/mol. The number of rotatable bonds is 9. The summed E-state index contributed by atoms with van der Waals surface area (Å²) in [6, 6.07) is 11.6. The third-order valence-corrected chi connectivity index (χ3v) is 5.80. The number of amides is 1. The molecule has 0 unspecified atom stereocenters. The van der Waals surface area contributed by atoms with Gasteiger partial charge < -0.3 is 19.5 Å². The molecule has 0 saturated carbocycles. The summed E-state index contributed by atoms with van der Waals surface area (Å²) in [6.07, 6.45) is -2.97. The van der Waals surface area contributed by atoms with Crippen molar-refractivity contribution in [1.29, 1.82) is 0 Å². The van der Waals surface area contributed by atoms with Gasteiger partial charge in [0.15, 0.2) is 23.9 Å². The number of halogens is 3. The van der Waals surface area contributed by atoms with Crippen LogP contribution in [0.1, 0.15) is 33.0 Å². The number of alkyl halides is 3. The Morgan fingerprint density at radius 1 is 1.00 bits per heavy atom. The van der Waals surface area contributed by atoms with Crippen molar-refractivity contribution in [3.05, 3.63) is 82.9 Å². The molecule has 9 nitrogen and oxygen atoms in total. The van der Waals surface area contributed by atoms with E-state index in [1.807, 2.05) is 25.1 Å². The van der Waals surface area contributed by atoms with E-state index in [2.05, 4.69) is 15.5 Å². The number of anilines is 1. The number of hydrogen-bond acceptors (Lipinski definition) is 6. The van der Waals surface area contributed by atoms with Crippen LogP contribution < -0.4 is 19.5 Å². The molecule has 0 aliphatic heterocycles. The van der Waals surface area contributed by atoms with Crippen LogP contribution in [0, 0.1) is 13.8 Å². The van der Waals surface area contributed by atoms with Crippen molar-refractivity contribution in [2.24, 2.45) is 0 Å². The van der Waals surface area contributed by atoms with E-state index in [1.165, 1.54) is 29.1 Å². The zero-order valence-corrected chi connectivity index (χ0v) is 21.2. The van der Waals surface area contributed by atoms with Gasteiger partial charge in [-0.3, -0.25) is 9.48 Å². The number of aromatic nitrogens is 4. The van der Waals surface area contributed by atoms with E-state index >= 15 is 0 Å². The fourth-order valence-corrected chi connectivity index (χ4v) is 3.82. The van der Waals surface area contributed by atoms with Crippen LogP contribution in [0.5, 0.6) is 17.2 Å². The first-order valence-electron chi connectivity index (χ1n) is 11.5. The largest absolute Gasteiger partial charge is 0.493 e. The van der Waals surface area contributed by atoms with E-state index in [0.29, 0.717) is 29.4 Å². The molecule has 0 aliphatic rings. The first-order chi connectivity index (χ1) is 18.1. The van der Waals surface area contributed by atoms with Gasteiger partial charge in [-0.15, -0.1) is 0 Å². The summed E-state index contributed by atoms with van der Waals surface area (Å²) in [5, 5.41) is 11.6. The Morgan fingerprint density at radius 3 is 2.47 bits per heavy atom. The normalized spacial score (nSPS) is 11.3. The number of hydrogen-bond donors (Lipinski definition) is 1. The summed E-state index contributed by atoms with van der Waals surface area (Å²) in [7, 11) is 3.14. The average Bonchev–Trinajstić information content (AvgIpc) is 3.47. The Balaban J connectivity index is 1.41. The highest BCUT2D eigenvalue weighted by atomic mass is 19.4. The quantitative estimate of drug-likeness (QED) is 0.326. The number of nitrogens with one attached hydrogen (secondary N) is 1. The lowest BCUT2D eigenvalue weighted by Crippen LogP contribution is -2.15. The van der Waals surface area contributed by atoms with Gasteiger partial charge in [0.25, 0.3) is 5.91 Å². The van der Waals surface area contributed by atoms with Crippen LogP contribution in [-0.2, 0) is 19.5 Å². The molecule has 0 aliphatic carbocycles. The number of benzene rings is 2. The van der Waals surface area contributed by atoms with Crippen molar-refractivity contribution in [3.63, 3.8) is 0 Å². The fraction of sp³-hybridized carbons (Fsp3) is 0.269. The molecule has 0 atom stereocenters. The van der Waals surface area contributed by atoms with Crippen molar-refractivity contribution in [1.82, 2.24) is 19.6 Å². The molecule has 2 aromatic heterocycles. The minimum Gasteiger partial charge on any atom is -0.493 e. The van der Waals surface area contributed by atoms with Crippen molar-refractivity contribution in [2.45, 2.75) is 33.3 Å². The maximum Gasteiger partial charge on any atom is 0.416 e. The van der Waals surface area contributed by atoms with Gasteiger partial charge in [-0.25, -0.2) is 4.68 Å². The third-order valence-electron chi connectivity index (χ3n) is 5.80. The number of ether oxygens (including phenoxy) is 3. The molecule has 38 heavy (non-hydrogen) atoms. The number of nitrogens with zero attached hydrogens (tertiary/aromatic N) is 4. The highest BCUT2D eigenvalue weighted by Crippen LogP contribution is 2.31. The third kappa shape index (κ3) is 5.90. The smallest absolute Gasteiger partial charge is 0.416 e. The first kappa shape index (κ1) is 26.6. The number of carbonyl (C=O) groups is 1. The zero-order chi connectivity index (χ0) is 27.4. The van der Waals surface area contributed by atoms with Gasteiger partial charge in [0.05, 0.1) is 43.4 Å². The fourth-order valence-electron chi connectivity index (χ4n) is 3.82. The molecule has 1 N–H and O–H groups in total. The van der Waals surface area contributed by atoms with Crippen molar-refractivity contribution >= 4 is 11.6 Å². The van der Waals surface area contributed by atoms with Crippen LogP contribution in [0.25, 0.3) is 0 Å². The van der Waals surface area contributed by atoms with Gasteiger partial charge in [-0.2, -0.15) is 23.4 Å². The van der Waals surface area contributed by atoms with Gasteiger partial charge in [0, 0.05) is 6.20 Å². The van der Waals surface area contributed by atoms with E-state index in [4.69, 9.17) is 14.2 Å². The topological polar surface area (TPSA) is 92.4 Å². The molecular formula is C26H26F3N5O4. The molecular weight excluding hydrogens is 503 g/mol. The highest BCUT2D eigenvalue weighted by Gasteiger charge is 2.30. The van der Waals surface area contributed by atoms with Crippen molar-refractivity contribution < 1.29 is 32.2 Å². The van der Waals surface area contributed by atoms with E-state index in [1.54, 1.807) is 25.8 Å². The molecule has 0 saturated heterocycles. The van der Waals surface area contributed by atoms with E-state index < -0.39 is 17.6 Å². The van der Waals surface area contributed by atoms with Crippen LogP contribution in [-0.4, -0.2) is 39.7 Å². The molecule has 200 valence electrons. The Kier molecular flexibility index (Phi) is 7.60. The van der Waals surface area contributed by atoms with Crippen molar-refractivity contribution in [2.75, 3.05) is 19.5 Å². The molecule has 0 fully saturated rings. The number of methoxy groups -OCH3 is 2. The maximum absolute atomic E-state index is 12.9. The van der Waals surface area contributed by atoms with Gasteiger partial charge in [0.1, 0.15) is 5.75 Å². The van der Waals surface area contributed by atoms with Gasteiger partial charge in [-0.1, -0.05) is 12.1 Å². The molecule has 2 aromatic carbocycles. The van der Waals surface area contributed by atoms with Gasteiger partial charge in [0.2, 0.25) is 0 Å². The molecule has 0 bridgehead atoms. The minimum absolute atomic E-state index is 0.0365. The van der Waals surface area contributed by atoms with E-state index in [0.717, 1.165) is 23.4 Å². The van der Waals surface area contributed by atoms with Crippen molar-refractivity contribution in [3.8, 4) is 17.2 Å². The first-order valence-corrected chi connectivity index (χ1v) is 11.5. The van der Waals surface area contributed by atoms with Gasteiger partial charge in [-0.05, 0) is 55.8 Å². The summed E-state index contributed by atoms with van der Waals surface area (Å²) >= 11 is 0. The Bertz CT molecular complexity index is 1450. The Hall–Kier alpha value is -4.48. The number of carbonyl (C=O) groups excluding carboxylic acids is 1. The van der Waals surface area contributed by atoms with Crippen LogP contribution in [0.3, 0.4) is 0 Å². The Labute approximate surface area is 216 Å². The van der Waals surface area contributed by atoms with E-state index in [9.17, 15) is 18.0 Å². The standard InChI is InChI=1S/C26H26F3N5O4/c1-16-24(17(2)34(31-16)14-18-8-9-22(36-3)23(12-18)37-4)30-25(35)21-10-11-33(32-21)15-38-20-7-5-6-19(13-20)26(27,28)29/h5-13H,14-15H2,1-4H3,(H,30,35). The minimum atomic E-state index is -4.47. The maximum atomic E-state index is 12.9. The molecule has 4 rings (SSSR count). The molecule has 0 radical (unpaired) electrons. The van der Waals surface area contributed by atoms with Crippen LogP contribution in [0.2, 0.25) is 0 Å². The van der Waals surface area contributed by atoms with Gasteiger partial charge >= 0.3 is 6.18 Å². The molecule has 0 spiro atoms. The summed E-state index contributed by atoms with van der Waals surface area (Å²) < 4.78 is 57.8. The zero-order valence-electron chi connectivity index (χ0n) is 21.2. The molecule has 1 amide bonds. The lowest BCUT2D eigenvalue weighted by molar-refractivity contribution is -0.137.